The van der Waals surface area contributed by atoms with Crippen molar-refractivity contribution in [2.75, 3.05) is 0 Å². The molecule has 0 saturated heterocycles. The summed E-state index contributed by atoms with van der Waals surface area (Å²) in [6, 6.07) is 0. The molecule has 0 amide bonds. The zero-order chi connectivity index (χ0) is 5.70. The minimum atomic E-state index is 0.421. The van der Waals surface area contributed by atoms with E-state index in [9.17, 15) is 0 Å². The topological polar surface area (TPSA) is 0 Å². The summed E-state index contributed by atoms with van der Waals surface area (Å²) < 4.78 is 0. The van der Waals surface area contributed by atoms with E-state index in [2.05, 4.69) is 0 Å². The Bertz CT molecular complexity index is 70.1. The highest BCUT2D eigenvalue weighted by atomic mass is 13.9. The van der Waals surface area contributed by atoms with Crippen molar-refractivity contribution in [3.05, 3.63) is 24.8 Å². The molecule has 0 N–H and O–H groups in total. The second kappa shape index (κ2) is 3.66. The zero-order valence-corrected chi connectivity index (χ0v) is 4.89. The quantitative estimate of drug-likeness (QED) is 0.461. The van der Waals surface area contributed by atoms with E-state index in [1.165, 1.54) is 0 Å². The first-order valence-electron chi connectivity index (χ1n) is 2.49. The molecule has 0 nitrogen and oxygen atoms in total. The van der Waals surface area contributed by atoms with Crippen molar-refractivity contribution in [1.82, 2.24) is 0 Å². The Balaban J connectivity index is 3.35. The summed E-state index contributed by atoms with van der Waals surface area (Å²) in [6.07, 6.45) is 5.70. The van der Waals surface area contributed by atoms with Crippen molar-refractivity contribution >= 4 is 0 Å². The molecule has 0 aromatic carbocycles. The SMILES string of the molecule is [CH]=CC(C)C=CC. The molecule has 0 aliphatic rings. The Hall–Kier alpha value is -0.520. The first-order chi connectivity index (χ1) is 3.31. The standard InChI is InChI=1S/C7H11/c1-4-6-7(3)5-2/h2,4-7H,1,3H3. The van der Waals surface area contributed by atoms with Gasteiger partial charge in [0.05, 0.1) is 0 Å². The summed E-state index contributed by atoms with van der Waals surface area (Å²) in [4.78, 5) is 0. The Morgan fingerprint density at radius 1 is 1.57 bits per heavy atom. The van der Waals surface area contributed by atoms with Gasteiger partial charge in [0, 0.05) is 0 Å². The van der Waals surface area contributed by atoms with Gasteiger partial charge in [-0.15, -0.1) is 0 Å². The van der Waals surface area contributed by atoms with Crippen LogP contribution in [0.15, 0.2) is 18.2 Å². The third-order valence-corrected chi connectivity index (χ3v) is 0.800. The van der Waals surface area contributed by atoms with Gasteiger partial charge in [-0.3, -0.25) is 0 Å². The molecule has 0 heterocycles. The molecule has 0 spiro atoms. The number of rotatable bonds is 2. The Labute approximate surface area is 45.5 Å². The molecule has 0 aliphatic carbocycles. The summed E-state index contributed by atoms with van der Waals surface area (Å²) in [5, 5.41) is 0. The molecule has 7 heavy (non-hydrogen) atoms. The van der Waals surface area contributed by atoms with Gasteiger partial charge in [-0.2, -0.15) is 0 Å². The molecular weight excluding hydrogens is 84.1 g/mol. The van der Waals surface area contributed by atoms with Crippen LogP contribution in [0, 0.1) is 12.5 Å². The highest BCUT2D eigenvalue weighted by molar-refractivity contribution is 4.91. The average molecular weight is 95.2 g/mol. The maximum absolute atomic E-state index is 5.18. The molecule has 1 radical (unpaired) electrons. The van der Waals surface area contributed by atoms with Gasteiger partial charge in [0.2, 0.25) is 0 Å². The Morgan fingerprint density at radius 3 is 2.29 bits per heavy atom. The predicted molar refractivity (Wildman–Crippen MR) is 32.8 cm³/mol. The third kappa shape index (κ3) is 3.31. The second-order valence-electron chi connectivity index (χ2n) is 1.58. The van der Waals surface area contributed by atoms with Crippen molar-refractivity contribution in [1.29, 1.82) is 0 Å². The van der Waals surface area contributed by atoms with Crippen molar-refractivity contribution < 1.29 is 0 Å². The van der Waals surface area contributed by atoms with Gasteiger partial charge in [0.25, 0.3) is 0 Å². The molecule has 39 valence electrons. The first-order valence-corrected chi connectivity index (χ1v) is 2.49. The van der Waals surface area contributed by atoms with E-state index in [0.717, 1.165) is 0 Å². The molecule has 0 bridgehead atoms. The van der Waals surface area contributed by atoms with Crippen LogP contribution in [0.3, 0.4) is 0 Å². The van der Waals surface area contributed by atoms with Crippen LogP contribution >= 0.6 is 0 Å². The largest absolute Gasteiger partial charge is 0.0911 e. The average Bonchev–Trinajstić information content (AvgIpc) is 1.68. The summed E-state index contributed by atoms with van der Waals surface area (Å²) >= 11 is 0. The monoisotopic (exact) mass is 95.1 g/mol. The molecule has 0 fully saturated rings. The van der Waals surface area contributed by atoms with Gasteiger partial charge in [-0.1, -0.05) is 31.7 Å². The van der Waals surface area contributed by atoms with Crippen LogP contribution in [0.5, 0.6) is 0 Å². The highest BCUT2D eigenvalue weighted by Gasteiger charge is 1.81. The van der Waals surface area contributed by atoms with Crippen LogP contribution in [0.25, 0.3) is 0 Å². The second-order valence-corrected chi connectivity index (χ2v) is 1.58. The van der Waals surface area contributed by atoms with E-state index in [1.54, 1.807) is 6.08 Å². The smallest absolute Gasteiger partial charge is 0.00789 e. The van der Waals surface area contributed by atoms with Crippen LogP contribution in [-0.4, -0.2) is 0 Å². The maximum atomic E-state index is 5.18. The highest BCUT2D eigenvalue weighted by Crippen LogP contribution is 1.94. The molecule has 1 unspecified atom stereocenters. The minimum absolute atomic E-state index is 0.421. The fraction of sp³-hybridized carbons (Fsp3) is 0.429. The predicted octanol–water partition coefficient (Wildman–Crippen LogP) is 2.19. The fourth-order valence-corrected chi connectivity index (χ4v) is 0.368. The summed E-state index contributed by atoms with van der Waals surface area (Å²) in [6.45, 7) is 9.21. The van der Waals surface area contributed by atoms with Crippen LogP contribution in [0.1, 0.15) is 13.8 Å². The molecule has 0 heteroatoms. The van der Waals surface area contributed by atoms with Crippen LogP contribution in [-0.2, 0) is 0 Å². The van der Waals surface area contributed by atoms with E-state index in [4.69, 9.17) is 6.58 Å². The zero-order valence-electron chi connectivity index (χ0n) is 4.89. The minimum Gasteiger partial charge on any atom is -0.0911 e. The summed E-state index contributed by atoms with van der Waals surface area (Å²) in [7, 11) is 0. The summed E-state index contributed by atoms with van der Waals surface area (Å²) in [5.41, 5.74) is 0. The fourth-order valence-electron chi connectivity index (χ4n) is 0.368. The van der Waals surface area contributed by atoms with Gasteiger partial charge in [-0.05, 0) is 12.8 Å². The lowest BCUT2D eigenvalue weighted by molar-refractivity contribution is 0.939. The van der Waals surface area contributed by atoms with E-state index >= 15 is 0 Å². The van der Waals surface area contributed by atoms with E-state index < -0.39 is 0 Å². The normalized spacial score (nSPS) is 14.6. The first kappa shape index (κ1) is 6.48. The van der Waals surface area contributed by atoms with E-state index in [0.29, 0.717) is 5.92 Å². The molecule has 0 rings (SSSR count). The number of hydrogen-bond acceptors (Lipinski definition) is 0. The molecule has 0 aliphatic heterocycles. The lowest BCUT2D eigenvalue weighted by Crippen LogP contribution is -1.77. The van der Waals surface area contributed by atoms with E-state index in [1.807, 2.05) is 26.0 Å². The number of allylic oxidation sites excluding steroid dienone is 3. The van der Waals surface area contributed by atoms with Crippen molar-refractivity contribution in [3.63, 3.8) is 0 Å². The molecule has 0 saturated carbocycles. The van der Waals surface area contributed by atoms with Crippen molar-refractivity contribution in [2.45, 2.75) is 13.8 Å². The third-order valence-electron chi connectivity index (χ3n) is 0.800. The van der Waals surface area contributed by atoms with Crippen molar-refractivity contribution in [3.8, 4) is 0 Å². The van der Waals surface area contributed by atoms with Crippen LogP contribution in [0.2, 0.25) is 0 Å². The van der Waals surface area contributed by atoms with Gasteiger partial charge < -0.3 is 0 Å². The lowest BCUT2D eigenvalue weighted by Gasteiger charge is -1.90. The van der Waals surface area contributed by atoms with E-state index in [-0.39, 0.29) is 0 Å². The Morgan fingerprint density at radius 2 is 2.14 bits per heavy atom. The lowest BCUT2D eigenvalue weighted by atomic mass is 10.2. The number of hydrogen-bond donors (Lipinski definition) is 0. The Kier molecular flexibility index (Phi) is 3.39. The van der Waals surface area contributed by atoms with Gasteiger partial charge in [0.15, 0.2) is 0 Å². The van der Waals surface area contributed by atoms with Gasteiger partial charge >= 0.3 is 0 Å². The van der Waals surface area contributed by atoms with Crippen molar-refractivity contribution in [2.24, 2.45) is 5.92 Å². The summed E-state index contributed by atoms with van der Waals surface area (Å²) in [5.74, 6) is 0.421. The molecule has 0 aromatic heterocycles. The molecule has 0 aromatic rings. The van der Waals surface area contributed by atoms with Gasteiger partial charge in [0.1, 0.15) is 0 Å². The van der Waals surface area contributed by atoms with Crippen LogP contribution in [0.4, 0.5) is 0 Å². The molecule has 1 atom stereocenters. The maximum Gasteiger partial charge on any atom is -0.00789 e. The molecular formula is C7H11. The van der Waals surface area contributed by atoms with Gasteiger partial charge in [-0.25, -0.2) is 0 Å². The van der Waals surface area contributed by atoms with Crippen LogP contribution < -0.4 is 0 Å².